The molecule has 1 fully saturated rings. The van der Waals surface area contributed by atoms with Crippen LogP contribution in [0.1, 0.15) is 18.4 Å². The molecular formula is C14H21ClN2O. The van der Waals surface area contributed by atoms with Gasteiger partial charge in [-0.2, -0.15) is 0 Å². The number of piperidine rings is 1. The van der Waals surface area contributed by atoms with E-state index in [4.69, 9.17) is 16.3 Å². The first-order chi connectivity index (χ1) is 8.76. The lowest BCUT2D eigenvalue weighted by atomic mass is 10.0. The first-order valence-corrected chi connectivity index (χ1v) is 6.83. The predicted molar refractivity (Wildman–Crippen MR) is 76.5 cm³/mol. The Morgan fingerprint density at radius 3 is 3.06 bits per heavy atom. The van der Waals surface area contributed by atoms with E-state index in [0.29, 0.717) is 6.10 Å². The molecule has 1 aromatic rings. The summed E-state index contributed by atoms with van der Waals surface area (Å²) in [6.07, 6.45) is 2.65. The molecule has 1 N–H and O–H groups in total. The molecule has 1 heterocycles. The lowest BCUT2D eigenvalue weighted by Crippen LogP contribution is -2.39. The molecule has 0 saturated carbocycles. The molecule has 0 aromatic heterocycles. The highest BCUT2D eigenvalue weighted by Gasteiger charge is 2.21. The van der Waals surface area contributed by atoms with Crippen molar-refractivity contribution in [2.24, 2.45) is 0 Å². The number of anilines is 1. The van der Waals surface area contributed by atoms with Gasteiger partial charge < -0.3 is 15.0 Å². The van der Waals surface area contributed by atoms with Crippen molar-refractivity contribution in [3.05, 3.63) is 28.8 Å². The van der Waals surface area contributed by atoms with E-state index in [1.807, 2.05) is 19.2 Å². The minimum absolute atomic E-state index is 0.333. The molecule has 0 radical (unpaired) electrons. The minimum Gasteiger partial charge on any atom is -0.380 e. The van der Waals surface area contributed by atoms with Gasteiger partial charge >= 0.3 is 0 Å². The lowest BCUT2D eigenvalue weighted by molar-refractivity contribution is 0.0893. The summed E-state index contributed by atoms with van der Waals surface area (Å²) in [5.74, 6) is 0. The molecule has 0 spiro atoms. The summed E-state index contributed by atoms with van der Waals surface area (Å²) >= 11 is 6.30. The van der Waals surface area contributed by atoms with Crippen LogP contribution in [0.15, 0.2) is 18.2 Å². The van der Waals surface area contributed by atoms with Gasteiger partial charge in [-0.25, -0.2) is 0 Å². The van der Waals surface area contributed by atoms with E-state index in [2.05, 4.69) is 16.3 Å². The molecule has 1 saturated heterocycles. The molecule has 1 atom stereocenters. The Morgan fingerprint density at radius 1 is 1.50 bits per heavy atom. The second kappa shape index (κ2) is 6.41. The van der Waals surface area contributed by atoms with Crippen molar-refractivity contribution in [1.82, 2.24) is 5.32 Å². The van der Waals surface area contributed by atoms with Gasteiger partial charge in [-0.3, -0.25) is 0 Å². The second-order valence-corrected chi connectivity index (χ2v) is 5.12. The van der Waals surface area contributed by atoms with Crippen LogP contribution < -0.4 is 10.2 Å². The van der Waals surface area contributed by atoms with Crippen LogP contribution in [-0.2, 0) is 11.3 Å². The van der Waals surface area contributed by atoms with Crippen molar-refractivity contribution in [1.29, 1.82) is 0 Å². The average molecular weight is 269 g/mol. The van der Waals surface area contributed by atoms with Crippen molar-refractivity contribution in [3.63, 3.8) is 0 Å². The standard InChI is InChI=1S/C14H21ClN2O/c1-16-9-12-13(15)6-3-7-14(12)17-8-4-5-11(10-17)18-2/h3,6-7,11,16H,4-5,8-10H2,1-2H3. The molecule has 0 amide bonds. The maximum Gasteiger partial charge on any atom is 0.0746 e. The highest BCUT2D eigenvalue weighted by atomic mass is 35.5. The molecule has 4 heteroatoms. The summed E-state index contributed by atoms with van der Waals surface area (Å²) in [5.41, 5.74) is 2.41. The van der Waals surface area contributed by atoms with Gasteiger partial charge in [-0.1, -0.05) is 17.7 Å². The number of nitrogens with one attached hydrogen (secondary N) is 1. The van der Waals surface area contributed by atoms with E-state index >= 15 is 0 Å². The predicted octanol–water partition coefficient (Wildman–Crippen LogP) is 2.67. The molecule has 0 bridgehead atoms. The smallest absolute Gasteiger partial charge is 0.0746 e. The molecule has 1 unspecified atom stereocenters. The fraction of sp³-hybridized carbons (Fsp3) is 0.571. The Kier molecular flexibility index (Phi) is 4.87. The number of hydrogen-bond donors (Lipinski definition) is 1. The highest BCUT2D eigenvalue weighted by molar-refractivity contribution is 6.31. The van der Waals surface area contributed by atoms with Crippen LogP contribution >= 0.6 is 11.6 Å². The third kappa shape index (κ3) is 2.97. The Morgan fingerprint density at radius 2 is 2.33 bits per heavy atom. The van der Waals surface area contributed by atoms with E-state index < -0.39 is 0 Å². The van der Waals surface area contributed by atoms with Crippen LogP contribution in [0.5, 0.6) is 0 Å². The van der Waals surface area contributed by atoms with E-state index in [0.717, 1.165) is 31.1 Å². The van der Waals surface area contributed by atoms with E-state index in [1.165, 1.54) is 17.7 Å². The van der Waals surface area contributed by atoms with E-state index in [1.54, 1.807) is 7.11 Å². The van der Waals surface area contributed by atoms with Gasteiger partial charge in [0.1, 0.15) is 0 Å². The third-order valence-corrected chi connectivity index (χ3v) is 3.85. The zero-order valence-corrected chi connectivity index (χ0v) is 11.8. The van der Waals surface area contributed by atoms with Gasteiger partial charge in [-0.05, 0) is 32.0 Å². The Labute approximate surface area is 114 Å². The maximum absolute atomic E-state index is 6.30. The first-order valence-electron chi connectivity index (χ1n) is 6.46. The van der Waals surface area contributed by atoms with Crippen molar-refractivity contribution in [2.75, 3.05) is 32.1 Å². The normalized spacial score (nSPS) is 20.2. The van der Waals surface area contributed by atoms with Crippen LogP contribution in [0.3, 0.4) is 0 Å². The summed E-state index contributed by atoms with van der Waals surface area (Å²) < 4.78 is 5.48. The van der Waals surface area contributed by atoms with Crippen LogP contribution in [-0.4, -0.2) is 33.4 Å². The zero-order chi connectivity index (χ0) is 13.0. The number of benzene rings is 1. The molecule has 0 aliphatic carbocycles. The zero-order valence-electron chi connectivity index (χ0n) is 11.1. The molecule has 3 nitrogen and oxygen atoms in total. The van der Waals surface area contributed by atoms with Crippen molar-refractivity contribution in [2.45, 2.75) is 25.5 Å². The number of nitrogens with zero attached hydrogens (tertiary/aromatic N) is 1. The quantitative estimate of drug-likeness (QED) is 0.909. The van der Waals surface area contributed by atoms with Crippen LogP contribution in [0, 0.1) is 0 Å². The molecule has 1 aliphatic rings. The molecule has 1 aliphatic heterocycles. The SMILES string of the molecule is CNCc1c(Cl)cccc1N1CCCC(OC)C1. The maximum atomic E-state index is 6.30. The lowest BCUT2D eigenvalue weighted by Gasteiger charge is -2.35. The van der Waals surface area contributed by atoms with Crippen molar-refractivity contribution < 1.29 is 4.74 Å². The van der Waals surface area contributed by atoms with Gasteiger partial charge in [0.05, 0.1) is 6.10 Å². The Balaban J connectivity index is 2.23. The van der Waals surface area contributed by atoms with E-state index in [9.17, 15) is 0 Å². The van der Waals surface area contributed by atoms with Crippen LogP contribution in [0.2, 0.25) is 5.02 Å². The van der Waals surface area contributed by atoms with Crippen LogP contribution in [0.25, 0.3) is 0 Å². The largest absolute Gasteiger partial charge is 0.380 e. The fourth-order valence-corrected chi connectivity index (χ4v) is 2.78. The van der Waals surface area contributed by atoms with Crippen molar-refractivity contribution >= 4 is 17.3 Å². The van der Waals surface area contributed by atoms with Gasteiger partial charge in [0, 0.05) is 43.0 Å². The minimum atomic E-state index is 0.333. The summed E-state index contributed by atoms with van der Waals surface area (Å²) in [7, 11) is 3.74. The topological polar surface area (TPSA) is 24.5 Å². The monoisotopic (exact) mass is 268 g/mol. The Hall–Kier alpha value is -0.770. The van der Waals surface area contributed by atoms with Gasteiger partial charge in [-0.15, -0.1) is 0 Å². The Bertz CT molecular complexity index is 397. The summed E-state index contributed by atoms with van der Waals surface area (Å²) in [6, 6.07) is 6.12. The first kappa shape index (κ1) is 13.7. The highest BCUT2D eigenvalue weighted by Crippen LogP contribution is 2.29. The van der Waals surface area contributed by atoms with Gasteiger partial charge in [0.25, 0.3) is 0 Å². The summed E-state index contributed by atoms with van der Waals surface area (Å²) in [6.45, 7) is 2.83. The summed E-state index contributed by atoms with van der Waals surface area (Å²) in [4.78, 5) is 2.39. The third-order valence-electron chi connectivity index (χ3n) is 3.50. The van der Waals surface area contributed by atoms with Gasteiger partial charge in [0.2, 0.25) is 0 Å². The van der Waals surface area contributed by atoms with Crippen LogP contribution in [0.4, 0.5) is 5.69 Å². The molecule has 2 rings (SSSR count). The number of halogens is 1. The molecule has 18 heavy (non-hydrogen) atoms. The number of hydrogen-bond acceptors (Lipinski definition) is 3. The van der Waals surface area contributed by atoms with Gasteiger partial charge in [0.15, 0.2) is 0 Å². The number of methoxy groups -OCH3 is 1. The fourth-order valence-electron chi connectivity index (χ4n) is 2.54. The van der Waals surface area contributed by atoms with Crippen molar-refractivity contribution in [3.8, 4) is 0 Å². The number of ether oxygens (including phenoxy) is 1. The second-order valence-electron chi connectivity index (χ2n) is 4.71. The molecular weight excluding hydrogens is 248 g/mol. The molecule has 100 valence electrons. The summed E-state index contributed by atoms with van der Waals surface area (Å²) in [5, 5.41) is 4.02. The van der Waals surface area contributed by atoms with E-state index in [-0.39, 0.29) is 0 Å². The number of rotatable bonds is 4. The molecule has 1 aromatic carbocycles. The average Bonchev–Trinajstić information content (AvgIpc) is 2.41.